The predicted octanol–water partition coefficient (Wildman–Crippen LogP) is 4.36. The quantitative estimate of drug-likeness (QED) is 0.710. The first-order valence-electron chi connectivity index (χ1n) is 7.22. The van der Waals surface area contributed by atoms with Crippen LogP contribution in [-0.4, -0.2) is 16.1 Å². The Hall–Kier alpha value is -2.25. The van der Waals surface area contributed by atoms with Gasteiger partial charge in [-0.2, -0.15) is 0 Å². The van der Waals surface area contributed by atoms with Gasteiger partial charge < -0.3 is 0 Å². The van der Waals surface area contributed by atoms with Crippen molar-refractivity contribution in [2.75, 3.05) is 5.32 Å². The molecule has 24 heavy (non-hydrogen) atoms. The van der Waals surface area contributed by atoms with Gasteiger partial charge in [0.1, 0.15) is 10.8 Å². The fraction of sp³-hybridized carbons (Fsp3) is 0.118. The first-order chi connectivity index (χ1) is 11.7. The van der Waals surface area contributed by atoms with E-state index in [1.54, 1.807) is 17.8 Å². The molecule has 4 nitrogen and oxygen atoms in total. The third kappa shape index (κ3) is 4.62. The van der Waals surface area contributed by atoms with E-state index in [9.17, 15) is 9.18 Å². The van der Waals surface area contributed by atoms with Crippen molar-refractivity contribution < 1.29 is 9.18 Å². The zero-order valence-electron chi connectivity index (χ0n) is 12.6. The van der Waals surface area contributed by atoms with Gasteiger partial charge in [0.05, 0.1) is 0 Å². The van der Waals surface area contributed by atoms with Crippen LogP contribution in [0.3, 0.4) is 0 Å². The van der Waals surface area contributed by atoms with Crippen molar-refractivity contribution in [1.82, 2.24) is 10.2 Å². The standard InChI is InChI=1S/C17H14FN3OS2/c18-14-8-4-7-13(9-14)16(22)19-17-21-20-15(24-17)11-23-10-12-5-2-1-3-6-12/h1-9H,10-11H2,(H,19,21,22). The highest BCUT2D eigenvalue weighted by molar-refractivity contribution is 7.97. The summed E-state index contributed by atoms with van der Waals surface area (Å²) in [6, 6.07) is 15.7. The summed E-state index contributed by atoms with van der Waals surface area (Å²) in [6.45, 7) is 0. The van der Waals surface area contributed by atoms with Gasteiger partial charge in [-0.1, -0.05) is 47.7 Å². The number of nitrogens with one attached hydrogen (secondary N) is 1. The van der Waals surface area contributed by atoms with E-state index in [0.29, 0.717) is 5.13 Å². The number of carbonyl (C=O) groups is 1. The highest BCUT2D eigenvalue weighted by Gasteiger charge is 2.11. The van der Waals surface area contributed by atoms with Crippen LogP contribution in [0, 0.1) is 5.82 Å². The van der Waals surface area contributed by atoms with Crippen molar-refractivity contribution in [2.45, 2.75) is 11.5 Å². The lowest BCUT2D eigenvalue weighted by Gasteiger charge is -2.00. The Labute approximate surface area is 147 Å². The van der Waals surface area contributed by atoms with E-state index < -0.39 is 11.7 Å². The highest BCUT2D eigenvalue weighted by Crippen LogP contribution is 2.23. The maximum Gasteiger partial charge on any atom is 0.257 e. The predicted molar refractivity (Wildman–Crippen MR) is 95.7 cm³/mol. The molecule has 7 heteroatoms. The molecule has 0 atom stereocenters. The van der Waals surface area contributed by atoms with E-state index in [4.69, 9.17) is 0 Å². The monoisotopic (exact) mass is 359 g/mol. The zero-order valence-corrected chi connectivity index (χ0v) is 14.2. The molecule has 1 amide bonds. The van der Waals surface area contributed by atoms with Gasteiger partial charge in [0.15, 0.2) is 0 Å². The second-order valence-corrected chi connectivity index (χ2v) is 6.99. The van der Waals surface area contributed by atoms with Crippen molar-refractivity contribution in [2.24, 2.45) is 0 Å². The summed E-state index contributed by atoms with van der Waals surface area (Å²) < 4.78 is 13.1. The number of carbonyl (C=O) groups excluding carboxylic acids is 1. The highest BCUT2D eigenvalue weighted by atomic mass is 32.2. The van der Waals surface area contributed by atoms with Gasteiger partial charge in [-0.15, -0.1) is 22.0 Å². The summed E-state index contributed by atoms with van der Waals surface area (Å²) in [4.78, 5) is 12.0. The first kappa shape index (κ1) is 16.6. The maximum atomic E-state index is 13.1. The van der Waals surface area contributed by atoms with Crippen LogP contribution in [-0.2, 0) is 11.5 Å². The number of rotatable bonds is 6. The Morgan fingerprint density at radius 3 is 2.71 bits per heavy atom. The third-order valence-electron chi connectivity index (χ3n) is 3.11. The molecule has 3 aromatic rings. The van der Waals surface area contributed by atoms with Crippen molar-refractivity contribution in [3.8, 4) is 0 Å². The molecular formula is C17H14FN3OS2. The van der Waals surface area contributed by atoms with Crippen molar-refractivity contribution >= 4 is 34.1 Å². The average molecular weight is 359 g/mol. The molecule has 0 aliphatic rings. The molecule has 122 valence electrons. The van der Waals surface area contributed by atoms with Crippen LogP contribution in [0.1, 0.15) is 20.9 Å². The fourth-order valence-electron chi connectivity index (χ4n) is 1.99. The molecular weight excluding hydrogens is 345 g/mol. The van der Waals surface area contributed by atoms with Crippen LogP contribution >= 0.6 is 23.1 Å². The third-order valence-corrected chi connectivity index (χ3v) is 5.15. The smallest absolute Gasteiger partial charge is 0.257 e. The van der Waals surface area contributed by atoms with Gasteiger partial charge in [-0.05, 0) is 23.8 Å². The summed E-state index contributed by atoms with van der Waals surface area (Å²) in [6.07, 6.45) is 0. The van der Waals surface area contributed by atoms with Crippen LogP contribution in [0.2, 0.25) is 0 Å². The molecule has 0 unspecified atom stereocenters. The summed E-state index contributed by atoms with van der Waals surface area (Å²) in [5, 5.41) is 11.9. The van der Waals surface area contributed by atoms with Crippen LogP contribution in [0.5, 0.6) is 0 Å². The molecule has 0 aliphatic heterocycles. The SMILES string of the molecule is O=C(Nc1nnc(CSCc2ccccc2)s1)c1cccc(F)c1. The van der Waals surface area contributed by atoms with Gasteiger partial charge in [-0.3, -0.25) is 10.1 Å². The molecule has 0 aliphatic carbocycles. The minimum Gasteiger partial charge on any atom is -0.296 e. The number of halogens is 1. The van der Waals surface area contributed by atoms with E-state index in [1.807, 2.05) is 18.2 Å². The minimum absolute atomic E-state index is 0.255. The Kier molecular flexibility index (Phi) is 5.55. The number of hydrogen-bond donors (Lipinski definition) is 1. The second kappa shape index (κ2) is 8.03. The molecule has 2 aromatic carbocycles. The molecule has 0 fully saturated rings. The lowest BCUT2D eigenvalue weighted by molar-refractivity contribution is 0.102. The molecule has 3 rings (SSSR count). The first-order valence-corrected chi connectivity index (χ1v) is 9.19. The zero-order chi connectivity index (χ0) is 16.8. The number of hydrogen-bond acceptors (Lipinski definition) is 5. The summed E-state index contributed by atoms with van der Waals surface area (Å²) >= 11 is 3.06. The molecule has 0 saturated heterocycles. The Morgan fingerprint density at radius 1 is 1.08 bits per heavy atom. The van der Waals surface area contributed by atoms with Crippen LogP contribution in [0.25, 0.3) is 0 Å². The largest absolute Gasteiger partial charge is 0.296 e. The van der Waals surface area contributed by atoms with Gasteiger partial charge in [0.25, 0.3) is 5.91 Å². The van der Waals surface area contributed by atoms with E-state index in [1.165, 1.54) is 35.1 Å². The van der Waals surface area contributed by atoms with Crippen molar-refractivity contribution in [3.63, 3.8) is 0 Å². The van der Waals surface area contributed by atoms with Gasteiger partial charge >= 0.3 is 0 Å². The van der Waals surface area contributed by atoms with Crippen molar-refractivity contribution in [3.05, 3.63) is 76.5 Å². The van der Waals surface area contributed by atoms with E-state index in [0.717, 1.165) is 16.5 Å². The number of anilines is 1. The van der Waals surface area contributed by atoms with Gasteiger partial charge in [0, 0.05) is 17.1 Å². The molecule has 0 saturated carbocycles. The molecule has 1 N–H and O–H groups in total. The number of nitrogens with zero attached hydrogens (tertiary/aromatic N) is 2. The van der Waals surface area contributed by atoms with Crippen molar-refractivity contribution in [1.29, 1.82) is 0 Å². The van der Waals surface area contributed by atoms with E-state index >= 15 is 0 Å². The fourth-order valence-corrected chi connectivity index (χ4v) is 3.77. The normalized spacial score (nSPS) is 10.5. The van der Waals surface area contributed by atoms with Gasteiger partial charge in [0.2, 0.25) is 5.13 Å². The molecule has 1 aromatic heterocycles. The lowest BCUT2D eigenvalue weighted by atomic mass is 10.2. The lowest BCUT2D eigenvalue weighted by Crippen LogP contribution is -2.11. The molecule has 1 heterocycles. The summed E-state index contributed by atoms with van der Waals surface area (Å²) in [7, 11) is 0. The van der Waals surface area contributed by atoms with Crippen LogP contribution in [0.4, 0.5) is 9.52 Å². The van der Waals surface area contributed by atoms with Gasteiger partial charge in [-0.25, -0.2) is 4.39 Å². The summed E-state index contributed by atoms with van der Waals surface area (Å²) in [5.41, 5.74) is 1.51. The molecule has 0 bridgehead atoms. The number of thioether (sulfide) groups is 1. The number of aromatic nitrogens is 2. The van der Waals surface area contributed by atoms with Crippen LogP contribution in [0.15, 0.2) is 54.6 Å². The topological polar surface area (TPSA) is 54.9 Å². The van der Waals surface area contributed by atoms with E-state index in [2.05, 4.69) is 27.6 Å². The minimum atomic E-state index is -0.446. The molecule has 0 radical (unpaired) electrons. The maximum absolute atomic E-state index is 13.1. The Morgan fingerprint density at radius 2 is 1.92 bits per heavy atom. The summed E-state index contributed by atoms with van der Waals surface area (Å²) in [5.74, 6) is 0.778. The Balaban J connectivity index is 1.53. The number of amides is 1. The number of benzene rings is 2. The average Bonchev–Trinajstić information content (AvgIpc) is 3.03. The molecule has 0 spiro atoms. The second-order valence-electron chi connectivity index (χ2n) is 4.94. The van der Waals surface area contributed by atoms with Crippen LogP contribution < -0.4 is 5.32 Å². The Bertz CT molecular complexity index is 823. The van der Waals surface area contributed by atoms with E-state index in [-0.39, 0.29) is 5.56 Å².